The minimum absolute atomic E-state index is 0.00357. The second-order valence-electron chi connectivity index (χ2n) is 4.56. The van der Waals surface area contributed by atoms with Crippen molar-refractivity contribution >= 4 is 10.9 Å². The molecule has 0 unspecified atom stereocenters. The number of aromatic nitrogens is 3. The monoisotopic (exact) mass is 255 g/mol. The summed E-state index contributed by atoms with van der Waals surface area (Å²) in [5.41, 5.74) is 2.79. The lowest BCUT2D eigenvalue weighted by molar-refractivity contribution is 0.470. The molecule has 0 bridgehead atoms. The van der Waals surface area contributed by atoms with Crippen LogP contribution in [-0.4, -0.2) is 19.9 Å². The third-order valence-corrected chi connectivity index (χ3v) is 3.31. The summed E-state index contributed by atoms with van der Waals surface area (Å²) in [6.07, 6.45) is 1.79. The molecule has 0 saturated carbocycles. The quantitative estimate of drug-likeness (QED) is 0.698. The smallest absolute Gasteiger partial charge is 0.252 e. The number of nitrogens with zero attached hydrogens (tertiary/aromatic N) is 2. The van der Waals surface area contributed by atoms with E-state index in [1.165, 1.54) is 6.07 Å². The highest BCUT2D eigenvalue weighted by Gasteiger charge is 2.09. The molecule has 3 aromatic rings. The van der Waals surface area contributed by atoms with Crippen LogP contribution in [0.1, 0.15) is 5.56 Å². The maximum Gasteiger partial charge on any atom is 0.252 e. The summed E-state index contributed by atoms with van der Waals surface area (Å²) in [4.78, 5) is 14.2. The summed E-state index contributed by atoms with van der Waals surface area (Å²) in [6, 6.07) is 6.97. The largest absolute Gasteiger partial charge is 0.507 e. The van der Waals surface area contributed by atoms with Crippen LogP contribution < -0.4 is 5.56 Å². The third kappa shape index (κ3) is 1.79. The molecule has 0 saturated heterocycles. The molecule has 3 rings (SSSR count). The van der Waals surface area contributed by atoms with E-state index in [-0.39, 0.29) is 11.3 Å². The van der Waals surface area contributed by atoms with Crippen molar-refractivity contribution < 1.29 is 5.11 Å². The zero-order valence-corrected chi connectivity index (χ0v) is 10.6. The van der Waals surface area contributed by atoms with Gasteiger partial charge in [0.25, 0.3) is 5.56 Å². The average molecular weight is 255 g/mol. The lowest BCUT2D eigenvalue weighted by Crippen LogP contribution is -2.06. The summed E-state index contributed by atoms with van der Waals surface area (Å²) in [7, 11) is 1.87. The number of aromatic amines is 1. The molecule has 0 aliphatic heterocycles. The average Bonchev–Trinajstić information content (AvgIpc) is 2.75. The molecule has 2 N–H and O–H groups in total. The maximum atomic E-state index is 11.5. The molecule has 5 heteroatoms. The number of aryl methyl sites for hydroxylation is 1. The van der Waals surface area contributed by atoms with Crippen LogP contribution in [-0.2, 0) is 7.05 Å². The molecular formula is C14H13N3O2. The molecule has 1 aromatic carbocycles. The van der Waals surface area contributed by atoms with Gasteiger partial charge in [-0.25, -0.2) is 0 Å². The van der Waals surface area contributed by atoms with Crippen molar-refractivity contribution in [2.45, 2.75) is 6.92 Å². The Morgan fingerprint density at radius 2 is 2.11 bits per heavy atom. The zero-order chi connectivity index (χ0) is 13.6. The van der Waals surface area contributed by atoms with E-state index in [1.807, 2.05) is 25.2 Å². The summed E-state index contributed by atoms with van der Waals surface area (Å²) in [5, 5.41) is 14.9. The molecule has 0 fully saturated rings. The maximum absolute atomic E-state index is 11.5. The number of pyridine rings is 1. The molecule has 96 valence electrons. The Hall–Kier alpha value is -2.56. The molecule has 0 aliphatic rings. The van der Waals surface area contributed by atoms with Gasteiger partial charge in [-0.3, -0.25) is 9.48 Å². The van der Waals surface area contributed by atoms with E-state index >= 15 is 0 Å². The topological polar surface area (TPSA) is 70.9 Å². The van der Waals surface area contributed by atoms with Gasteiger partial charge in [0.1, 0.15) is 5.75 Å². The predicted molar refractivity (Wildman–Crippen MR) is 73.2 cm³/mol. The van der Waals surface area contributed by atoms with Crippen molar-refractivity contribution in [3.63, 3.8) is 0 Å². The highest BCUT2D eigenvalue weighted by molar-refractivity contribution is 5.84. The fraction of sp³-hybridized carbons (Fsp3) is 0.143. The molecule has 0 radical (unpaired) electrons. The van der Waals surface area contributed by atoms with Crippen molar-refractivity contribution in [2.75, 3.05) is 0 Å². The second-order valence-corrected chi connectivity index (χ2v) is 4.56. The SMILES string of the molecule is Cc1c(O)cc(=O)[nH]c1-c1ccc2cnn(C)c2c1. The van der Waals surface area contributed by atoms with Gasteiger partial charge in [0, 0.05) is 29.6 Å². The number of aromatic hydroxyl groups is 1. The molecule has 0 spiro atoms. The number of benzene rings is 1. The Morgan fingerprint density at radius 1 is 1.32 bits per heavy atom. The first-order valence-electron chi connectivity index (χ1n) is 5.91. The molecule has 0 amide bonds. The lowest BCUT2D eigenvalue weighted by atomic mass is 10.0. The van der Waals surface area contributed by atoms with Crippen LogP contribution >= 0.6 is 0 Å². The molecule has 19 heavy (non-hydrogen) atoms. The van der Waals surface area contributed by atoms with Gasteiger partial charge in [0.2, 0.25) is 0 Å². The van der Waals surface area contributed by atoms with Crippen LogP contribution in [0.25, 0.3) is 22.2 Å². The number of hydrogen-bond donors (Lipinski definition) is 2. The van der Waals surface area contributed by atoms with Crippen molar-refractivity contribution in [1.29, 1.82) is 0 Å². The number of H-pyrrole nitrogens is 1. The van der Waals surface area contributed by atoms with Crippen LogP contribution in [0.4, 0.5) is 0 Å². The fourth-order valence-electron chi connectivity index (χ4n) is 2.20. The van der Waals surface area contributed by atoms with Crippen LogP contribution in [0.3, 0.4) is 0 Å². The van der Waals surface area contributed by atoms with Crippen LogP contribution in [0.15, 0.2) is 35.3 Å². The van der Waals surface area contributed by atoms with Gasteiger partial charge in [0.05, 0.1) is 17.4 Å². The van der Waals surface area contributed by atoms with E-state index < -0.39 is 0 Å². The second kappa shape index (κ2) is 3.98. The Kier molecular flexibility index (Phi) is 2.41. The van der Waals surface area contributed by atoms with Crippen molar-refractivity contribution in [1.82, 2.24) is 14.8 Å². The Morgan fingerprint density at radius 3 is 2.89 bits per heavy atom. The van der Waals surface area contributed by atoms with Crippen LogP contribution in [0.5, 0.6) is 5.75 Å². The Balaban J connectivity index is 2.29. The van der Waals surface area contributed by atoms with Gasteiger partial charge >= 0.3 is 0 Å². The first-order chi connectivity index (χ1) is 9.06. The van der Waals surface area contributed by atoms with Crippen molar-refractivity contribution in [2.24, 2.45) is 7.05 Å². The van der Waals surface area contributed by atoms with Gasteiger partial charge in [-0.05, 0) is 13.0 Å². The number of nitrogens with one attached hydrogen (secondary N) is 1. The van der Waals surface area contributed by atoms with E-state index in [0.717, 1.165) is 16.5 Å². The van der Waals surface area contributed by atoms with E-state index in [4.69, 9.17) is 0 Å². The van der Waals surface area contributed by atoms with Gasteiger partial charge in [-0.2, -0.15) is 5.10 Å². The molecule has 2 aromatic heterocycles. The van der Waals surface area contributed by atoms with Gasteiger partial charge in [-0.15, -0.1) is 0 Å². The number of hydrogen-bond acceptors (Lipinski definition) is 3. The van der Waals surface area contributed by atoms with Gasteiger partial charge < -0.3 is 10.1 Å². The van der Waals surface area contributed by atoms with Crippen LogP contribution in [0, 0.1) is 6.92 Å². The van der Waals surface area contributed by atoms with Crippen molar-refractivity contribution in [3.8, 4) is 17.0 Å². The first kappa shape index (κ1) is 11.5. The van der Waals surface area contributed by atoms with E-state index in [1.54, 1.807) is 17.8 Å². The van der Waals surface area contributed by atoms with Crippen LogP contribution in [0.2, 0.25) is 0 Å². The Labute approximate surface area is 109 Å². The normalized spacial score (nSPS) is 11.1. The Bertz CT molecular complexity index is 830. The van der Waals surface area contributed by atoms with E-state index in [2.05, 4.69) is 10.1 Å². The summed E-state index contributed by atoms with van der Waals surface area (Å²) in [6.45, 7) is 1.77. The molecule has 2 heterocycles. The summed E-state index contributed by atoms with van der Waals surface area (Å²) >= 11 is 0. The fourth-order valence-corrected chi connectivity index (χ4v) is 2.20. The zero-order valence-electron chi connectivity index (χ0n) is 10.6. The molecule has 5 nitrogen and oxygen atoms in total. The summed E-state index contributed by atoms with van der Waals surface area (Å²) in [5.74, 6) is 0.00357. The third-order valence-electron chi connectivity index (χ3n) is 3.31. The summed E-state index contributed by atoms with van der Waals surface area (Å²) < 4.78 is 1.77. The van der Waals surface area contributed by atoms with Crippen molar-refractivity contribution in [3.05, 3.63) is 46.4 Å². The van der Waals surface area contributed by atoms with E-state index in [0.29, 0.717) is 11.3 Å². The minimum Gasteiger partial charge on any atom is -0.507 e. The van der Waals surface area contributed by atoms with Gasteiger partial charge in [-0.1, -0.05) is 12.1 Å². The number of rotatable bonds is 1. The highest BCUT2D eigenvalue weighted by atomic mass is 16.3. The van der Waals surface area contributed by atoms with Gasteiger partial charge in [0.15, 0.2) is 0 Å². The highest BCUT2D eigenvalue weighted by Crippen LogP contribution is 2.27. The standard InChI is InChI=1S/C14H13N3O2/c1-8-12(18)6-13(19)16-14(8)9-3-4-10-7-15-17(2)11(10)5-9/h3-7H,1-2H3,(H2,16,18,19). The first-order valence-corrected chi connectivity index (χ1v) is 5.91. The number of fused-ring (bicyclic) bond motifs is 1. The molecular weight excluding hydrogens is 242 g/mol. The molecule has 0 atom stereocenters. The lowest BCUT2D eigenvalue weighted by Gasteiger charge is -2.08. The minimum atomic E-state index is -0.316. The predicted octanol–water partition coefficient (Wildman–Crippen LogP) is 1.94. The molecule has 0 aliphatic carbocycles. The van der Waals surface area contributed by atoms with E-state index in [9.17, 15) is 9.90 Å².